The summed E-state index contributed by atoms with van der Waals surface area (Å²) in [4.78, 5) is 4.37. The van der Waals surface area contributed by atoms with Gasteiger partial charge in [0.2, 0.25) is 0 Å². The minimum Gasteiger partial charge on any atom is -0.508 e. The number of nitrogens with zero attached hydrogens (tertiary/aromatic N) is 1. The van der Waals surface area contributed by atoms with Crippen LogP contribution in [0.15, 0.2) is 40.7 Å². The number of aliphatic imine (C=N–C) groups is 1. The highest BCUT2D eigenvalue weighted by Gasteiger charge is 2.03. The molecule has 0 spiro atoms. The van der Waals surface area contributed by atoms with E-state index in [1.807, 2.05) is 6.92 Å². The highest BCUT2D eigenvalue weighted by atomic mass is 16.3. The first-order chi connectivity index (χ1) is 8.08. The Morgan fingerprint density at radius 2 is 2.00 bits per heavy atom. The number of hydrogen-bond acceptors (Lipinski definition) is 3. The van der Waals surface area contributed by atoms with Gasteiger partial charge in [-0.2, -0.15) is 0 Å². The number of benzene rings is 1. The van der Waals surface area contributed by atoms with Gasteiger partial charge in [0.05, 0.1) is 0 Å². The van der Waals surface area contributed by atoms with Gasteiger partial charge in [0.1, 0.15) is 11.4 Å². The Hall–Kier alpha value is -2.21. The summed E-state index contributed by atoms with van der Waals surface area (Å²) < 4.78 is 0. The summed E-state index contributed by atoms with van der Waals surface area (Å²) in [6, 6.07) is 6.85. The molecular weight excluding hydrogens is 212 g/mol. The van der Waals surface area contributed by atoms with Gasteiger partial charge in [-0.3, -0.25) is 0 Å². The maximum atomic E-state index is 9.23. The van der Waals surface area contributed by atoms with Gasteiger partial charge >= 0.3 is 0 Å². The molecule has 0 unspecified atom stereocenters. The molecule has 1 rings (SSSR count). The van der Waals surface area contributed by atoms with E-state index in [9.17, 15) is 5.11 Å². The predicted octanol–water partition coefficient (Wildman–Crippen LogP) is 2.41. The Balaban J connectivity index is 3.17. The molecule has 0 aliphatic heterocycles. The van der Waals surface area contributed by atoms with Crippen LogP contribution in [0, 0.1) is 12.3 Å². The Morgan fingerprint density at radius 3 is 2.41 bits per heavy atom. The van der Waals surface area contributed by atoms with Crippen molar-refractivity contribution in [1.82, 2.24) is 0 Å². The predicted molar refractivity (Wildman–Crippen MR) is 70.7 cm³/mol. The highest BCUT2D eigenvalue weighted by molar-refractivity contribution is 6.01. The number of hydrogen-bond donors (Lipinski definition) is 2. The summed E-state index contributed by atoms with van der Waals surface area (Å²) in [6.45, 7) is 3.72. The normalized spacial score (nSPS) is 12.9. The second-order valence-corrected chi connectivity index (χ2v) is 3.63. The van der Waals surface area contributed by atoms with Gasteiger partial charge in [0.15, 0.2) is 0 Å². The lowest BCUT2D eigenvalue weighted by atomic mass is 10.1. The number of rotatable bonds is 3. The minimum atomic E-state index is 0.229. The molecule has 0 aliphatic rings. The SMILES string of the molecule is C#C/C(N=C(CC)c1ccc(O)cc1)=C(/C)N. The van der Waals surface area contributed by atoms with Crippen molar-refractivity contribution in [3.05, 3.63) is 41.2 Å². The quantitative estimate of drug-likeness (QED) is 0.616. The lowest BCUT2D eigenvalue weighted by Gasteiger charge is -2.05. The Kier molecular flexibility index (Phi) is 4.36. The zero-order valence-electron chi connectivity index (χ0n) is 10.1. The second kappa shape index (κ2) is 5.76. The van der Waals surface area contributed by atoms with E-state index in [0.717, 1.165) is 17.7 Å². The molecule has 1 aromatic rings. The number of aromatic hydroxyl groups is 1. The van der Waals surface area contributed by atoms with E-state index < -0.39 is 0 Å². The molecule has 0 heterocycles. The van der Waals surface area contributed by atoms with E-state index >= 15 is 0 Å². The molecular formula is C14H16N2O. The van der Waals surface area contributed by atoms with Crippen molar-refractivity contribution in [2.24, 2.45) is 10.7 Å². The topological polar surface area (TPSA) is 58.6 Å². The van der Waals surface area contributed by atoms with Crippen LogP contribution >= 0.6 is 0 Å². The molecule has 0 atom stereocenters. The molecule has 0 amide bonds. The van der Waals surface area contributed by atoms with Crippen LogP contribution in [0.1, 0.15) is 25.8 Å². The van der Waals surface area contributed by atoms with Gasteiger partial charge < -0.3 is 10.8 Å². The van der Waals surface area contributed by atoms with Gasteiger partial charge in [0.25, 0.3) is 0 Å². The van der Waals surface area contributed by atoms with Crippen LogP contribution in [0.25, 0.3) is 0 Å². The molecule has 3 heteroatoms. The molecule has 0 saturated carbocycles. The maximum absolute atomic E-state index is 9.23. The number of nitrogens with two attached hydrogens (primary N) is 1. The number of allylic oxidation sites excluding steroid dienone is 2. The van der Waals surface area contributed by atoms with Crippen LogP contribution in [-0.2, 0) is 0 Å². The Morgan fingerprint density at radius 1 is 1.41 bits per heavy atom. The molecule has 0 aliphatic carbocycles. The van der Waals surface area contributed by atoms with E-state index in [2.05, 4.69) is 10.9 Å². The fraction of sp³-hybridized carbons (Fsp3) is 0.214. The Labute approximate surface area is 102 Å². The van der Waals surface area contributed by atoms with Crippen molar-refractivity contribution in [2.45, 2.75) is 20.3 Å². The van der Waals surface area contributed by atoms with Crippen LogP contribution in [0.4, 0.5) is 0 Å². The molecule has 0 aromatic heterocycles. The summed E-state index contributed by atoms with van der Waals surface area (Å²) in [5, 5.41) is 9.23. The fourth-order valence-corrected chi connectivity index (χ4v) is 1.37. The molecule has 0 bridgehead atoms. The number of terminal acetylenes is 1. The average molecular weight is 228 g/mol. The zero-order valence-corrected chi connectivity index (χ0v) is 10.1. The first-order valence-electron chi connectivity index (χ1n) is 5.38. The van der Waals surface area contributed by atoms with Gasteiger partial charge in [-0.25, -0.2) is 4.99 Å². The summed E-state index contributed by atoms with van der Waals surface area (Å²) in [5.41, 5.74) is 8.40. The van der Waals surface area contributed by atoms with E-state index in [0.29, 0.717) is 11.4 Å². The third kappa shape index (κ3) is 3.39. The van der Waals surface area contributed by atoms with E-state index in [1.54, 1.807) is 31.2 Å². The summed E-state index contributed by atoms with van der Waals surface area (Å²) in [7, 11) is 0. The van der Waals surface area contributed by atoms with Gasteiger partial charge in [-0.1, -0.05) is 6.92 Å². The third-order valence-electron chi connectivity index (χ3n) is 2.29. The van der Waals surface area contributed by atoms with E-state index in [4.69, 9.17) is 12.2 Å². The average Bonchev–Trinajstić information content (AvgIpc) is 2.32. The van der Waals surface area contributed by atoms with Crippen molar-refractivity contribution < 1.29 is 5.11 Å². The molecule has 3 N–H and O–H groups in total. The largest absolute Gasteiger partial charge is 0.508 e. The van der Waals surface area contributed by atoms with E-state index in [1.165, 1.54) is 0 Å². The molecule has 0 radical (unpaired) electrons. The van der Waals surface area contributed by atoms with Crippen LogP contribution in [0.3, 0.4) is 0 Å². The van der Waals surface area contributed by atoms with Gasteiger partial charge in [-0.15, -0.1) is 6.42 Å². The standard InChI is InChI=1S/C14H16N2O/c1-4-13(10(3)15)16-14(5-2)11-6-8-12(17)9-7-11/h1,6-9,17H,5,15H2,2-3H3/b13-10+,16-14?. The fourth-order valence-electron chi connectivity index (χ4n) is 1.37. The van der Waals surface area contributed by atoms with Crippen LogP contribution in [-0.4, -0.2) is 10.8 Å². The zero-order chi connectivity index (χ0) is 12.8. The minimum absolute atomic E-state index is 0.229. The second-order valence-electron chi connectivity index (χ2n) is 3.63. The van der Waals surface area contributed by atoms with Crippen molar-refractivity contribution >= 4 is 5.71 Å². The van der Waals surface area contributed by atoms with Gasteiger partial charge in [-0.05, 0) is 49.1 Å². The Bertz CT molecular complexity index is 486. The van der Waals surface area contributed by atoms with Crippen molar-refractivity contribution in [3.63, 3.8) is 0 Å². The van der Waals surface area contributed by atoms with Crippen LogP contribution < -0.4 is 5.73 Å². The third-order valence-corrected chi connectivity index (χ3v) is 2.29. The first-order valence-corrected chi connectivity index (χ1v) is 5.38. The number of phenols is 1. The van der Waals surface area contributed by atoms with Gasteiger partial charge in [0, 0.05) is 11.4 Å². The molecule has 3 nitrogen and oxygen atoms in total. The van der Waals surface area contributed by atoms with Crippen molar-refractivity contribution in [3.8, 4) is 18.1 Å². The lowest BCUT2D eigenvalue weighted by molar-refractivity contribution is 0.475. The molecule has 1 aromatic carbocycles. The molecule has 88 valence electrons. The first kappa shape index (κ1) is 12.9. The molecule has 0 fully saturated rings. The van der Waals surface area contributed by atoms with Crippen molar-refractivity contribution in [2.75, 3.05) is 0 Å². The van der Waals surface area contributed by atoms with Crippen molar-refractivity contribution in [1.29, 1.82) is 0 Å². The summed E-state index contributed by atoms with van der Waals surface area (Å²) >= 11 is 0. The summed E-state index contributed by atoms with van der Waals surface area (Å²) in [6.07, 6.45) is 6.08. The van der Waals surface area contributed by atoms with Crippen LogP contribution in [0.2, 0.25) is 0 Å². The van der Waals surface area contributed by atoms with Crippen LogP contribution in [0.5, 0.6) is 5.75 Å². The van der Waals surface area contributed by atoms with E-state index in [-0.39, 0.29) is 5.75 Å². The molecule has 17 heavy (non-hydrogen) atoms. The summed E-state index contributed by atoms with van der Waals surface area (Å²) in [5.74, 6) is 2.69. The monoisotopic (exact) mass is 228 g/mol. The lowest BCUT2D eigenvalue weighted by Crippen LogP contribution is -2.02. The smallest absolute Gasteiger partial charge is 0.131 e. The number of phenolic OH excluding ortho intramolecular Hbond substituents is 1. The highest BCUT2D eigenvalue weighted by Crippen LogP contribution is 2.13. The molecule has 0 saturated heterocycles. The maximum Gasteiger partial charge on any atom is 0.131 e.